The third-order valence-corrected chi connectivity index (χ3v) is 3.98. The van der Waals surface area contributed by atoms with Gasteiger partial charge in [0.15, 0.2) is 17.5 Å². The number of nitrogens with one attached hydrogen (secondary N) is 2. The first-order valence-corrected chi connectivity index (χ1v) is 8.55. The summed E-state index contributed by atoms with van der Waals surface area (Å²) in [6, 6.07) is 7.73. The predicted molar refractivity (Wildman–Crippen MR) is 113 cm³/mol. The van der Waals surface area contributed by atoms with Gasteiger partial charge in [0, 0.05) is 26.8 Å². The molecule has 2 heterocycles. The van der Waals surface area contributed by atoms with Gasteiger partial charge in [-0.3, -0.25) is 9.67 Å². The molecule has 3 rings (SSSR count). The number of aryl methyl sites for hydroxylation is 2. The Kier molecular flexibility index (Phi) is 8.02. The molecule has 8 heteroatoms. The number of para-hydroxylation sites is 2. The van der Waals surface area contributed by atoms with Crippen LogP contribution in [0.1, 0.15) is 12.0 Å². The highest BCUT2D eigenvalue weighted by Crippen LogP contribution is 2.30. The molecule has 2 aromatic rings. The van der Waals surface area contributed by atoms with E-state index in [0.717, 1.165) is 36.8 Å². The number of aliphatic imine (C=N–C) groups is 1. The summed E-state index contributed by atoms with van der Waals surface area (Å²) in [5.74, 6) is 2.37. The van der Waals surface area contributed by atoms with Crippen molar-refractivity contribution in [2.24, 2.45) is 12.0 Å². The van der Waals surface area contributed by atoms with Gasteiger partial charge in [-0.1, -0.05) is 12.1 Å². The van der Waals surface area contributed by atoms with Gasteiger partial charge < -0.3 is 20.1 Å². The molecule has 0 fully saturated rings. The van der Waals surface area contributed by atoms with E-state index in [4.69, 9.17) is 9.47 Å². The molecule has 0 saturated heterocycles. The number of hydrogen-bond donors (Lipinski definition) is 2. The Labute approximate surface area is 171 Å². The van der Waals surface area contributed by atoms with Gasteiger partial charge in [0.2, 0.25) is 0 Å². The number of nitrogens with zero attached hydrogens (tertiary/aromatic N) is 3. The normalized spacial score (nSPS) is 15.9. The minimum Gasteiger partial charge on any atom is -0.486 e. The number of ether oxygens (including phenoxy) is 2. The second-order valence-corrected chi connectivity index (χ2v) is 6.00. The lowest BCUT2D eigenvalue weighted by Crippen LogP contribution is -2.45. The molecular formula is C18H26IN5O2. The first-order valence-electron chi connectivity index (χ1n) is 8.55. The van der Waals surface area contributed by atoms with Crippen LogP contribution in [-0.4, -0.2) is 48.6 Å². The standard InChI is InChI=1S/C18H25N5O2.HI/c1-19-18(20-9-5-6-14-10-22-23(2)12-14)21-11-15-13-24-16-7-3-4-8-17(16)25-15;/h3-4,7-8,10,12,15H,5-6,9,11,13H2,1-2H3,(H2,19,20,21);1H. The molecule has 1 aromatic heterocycles. The molecule has 2 N–H and O–H groups in total. The Hall–Kier alpha value is -1.97. The first kappa shape index (κ1) is 20.3. The zero-order valence-electron chi connectivity index (χ0n) is 15.1. The maximum Gasteiger partial charge on any atom is 0.191 e. The Balaban J connectivity index is 0.00000243. The highest BCUT2D eigenvalue weighted by molar-refractivity contribution is 14.0. The summed E-state index contributed by atoms with van der Waals surface area (Å²) in [5.41, 5.74) is 1.25. The van der Waals surface area contributed by atoms with Gasteiger partial charge in [-0.05, 0) is 30.5 Å². The summed E-state index contributed by atoms with van der Waals surface area (Å²) in [4.78, 5) is 4.25. The predicted octanol–water partition coefficient (Wildman–Crippen LogP) is 1.98. The van der Waals surface area contributed by atoms with Gasteiger partial charge >= 0.3 is 0 Å². The van der Waals surface area contributed by atoms with Crippen LogP contribution in [0.3, 0.4) is 0 Å². The minimum absolute atomic E-state index is 0. The van der Waals surface area contributed by atoms with Crippen LogP contribution >= 0.6 is 24.0 Å². The molecule has 0 radical (unpaired) electrons. The smallest absolute Gasteiger partial charge is 0.191 e. The summed E-state index contributed by atoms with van der Waals surface area (Å²) >= 11 is 0. The number of hydrogen-bond acceptors (Lipinski definition) is 4. The molecule has 0 spiro atoms. The van der Waals surface area contributed by atoms with Gasteiger partial charge in [0.25, 0.3) is 0 Å². The van der Waals surface area contributed by atoms with Crippen molar-refractivity contribution in [1.82, 2.24) is 20.4 Å². The molecule has 0 bridgehead atoms. The molecule has 1 aromatic carbocycles. The lowest BCUT2D eigenvalue weighted by Gasteiger charge is -2.27. The summed E-state index contributed by atoms with van der Waals surface area (Å²) < 4.78 is 13.5. The quantitative estimate of drug-likeness (QED) is 0.292. The van der Waals surface area contributed by atoms with Crippen LogP contribution in [0, 0.1) is 0 Å². The zero-order chi connectivity index (χ0) is 17.5. The third kappa shape index (κ3) is 5.79. The molecule has 1 atom stereocenters. The van der Waals surface area contributed by atoms with Gasteiger partial charge in [-0.2, -0.15) is 5.10 Å². The van der Waals surface area contributed by atoms with Crippen molar-refractivity contribution in [2.45, 2.75) is 18.9 Å². The van der Waals surface area contributed by atoms with Crippen LogP contribution in [-0.2, 0) is 13.5 Å². The number of benzene rings is 1. The maximum absolute atomic E-state index is 5.93. The van der Waals surface area contributed by atoms with Crippen LogP contribution in [0.15, 0.2) is 41.7 Å². The van der Waals surface area contributed by atoms with E-state index in [1.807, 2.05) is 48.4 Å². The lowest BCUT2D eigenvalue weighted by molar-refractivity contribution is 0.0936. The molecular weight excluding hydrogens is 445 g/mol. The van der Waals surface area contributed by atoms with Gasteiger partial charge in [-0.25, -0.2) is 0 Å². The zero-order valence-corrected chi connectivity index (χ0v) is 17.5. The van der Waals surface area contributed by atoms with Gasteiger partial charge in [0.05, 0.1) is 12.7 Å². The summed E-state index contributed by atoms with van der Waals surface area (Å²) in [7, 11) is 3.70. The van der Waals surface area contributed by atoms with E-state index in [1.54, 1.807) is 7.05 Å². The average Bonchev–Trinajstić information content (AvgIpc) is 3.06. The minimum atomic E-state index is -0.0381. The molecule has 1 aliphatic rings. The van der Waals surface area contributed by atoms with Crippen molar-refractivity contribution >= 4 is 29.9 Å². The fourth-order valence-electron chi connectivity index (χ4n) is 2.70. The van der Waals surface area contributed by atoms with Crippen molar-refractivity contribution < 1.29 is 9.47 Å². The highest BCUT2D eigenvalue weighted by Gasteiger charge is 2.20. The van der Waals surface area contributed by atoms with Crippen molar-refractivity contribution in [2.75, 3.05) is 26.7 Å². The molecule has 1 unspecified atom stereocenters. The molecule has 0 saturated carbocycles. The monoisotopic (exact) mass is 471 g/mol. The van der Waals surface area contributed by atoms with E-state index < -0.39 is 0 Å². The van der Waals surface area contributed by atoms with Crippen molar-refractivity contribution in [3.8, 4) is 11.5 Å². The Morgan fingerprint density at radius 2 is 2.12 bits per heavy atom. The van der Waals surface area contributed by atoms with Crippen molar-refractivity contribution in [1.29, 1.82) is 0 Å². The van der Waals surface area contributed by atoms with Crippen molar-refractivity contribution in [3.05, 3.63) is 42.2 Å². The van der Waals surface area contributed by atoms with E-state index in [2.05, 4.69) is 20.7 Å². The van der Waals surface area contributed by atoms with E-state index in [-0.39, 0.29) is 30.1 Å². The van der Waals surface area contributed by atoms with E-state index in [0.29, 0.717) is 13.2 Å². The molecule has 0 amide bonds. The second kappa shape index (κ2) is 10.2. The molecule has 0 aliphatic carbocycles. The van der Waals surface area contributed by atoms with Crippen LogP contribution in [0.2, 0.25) is 0 Å². The van der Waals surface area contributed by atoms with Crippen molar-refractivity contribution in [3.63, 3.8) is 0 Å². The summed E-state index contributed by atoms with van der Waals surface area (Å²) in [6.45, 7) is 2.01. The van der Waals surface area contributed by atoms with Gasteiger partial charge in [0.1, 0.15) is 12.7 Å². The topological polar surface area (TPSA) is 72.7 Å². The first-order chi connectivity index (χ1) is 12.2. The number of fused-ring (bicyclic) bond motifs is 1. The Morgan fingerprint density at radius 3 is 2.85 bits per heavy atom. The van der Waals surface area contributed by atoms with Crippen LogP contribution in [0.4, 0.5) is 0 Å². The summed E-state index contributed by atoms with van der Waals surface area (Å²) in [5, 5.41) is 10.8. The molecule has 142 valence electrons. The molecule has 1 aliphatic heterocycles. The third-order valence-electron chi connectivity index (χ3n) is 3.98. The van der Waals surface area contributed by atoms with Crippen LogP contribution in [0.5, 0.6) is 11.5 Å². The van der Waals surface area contributed by atoms with E-state index in [9.17, 15) is 0 Å². The fourth-order valence-corrected chi connectivity index (χ4v) is 2.70. The van der Waals surface area contributed by atoms with E-state index in [1.165, 1.54) is 5.56 Å². The van der Waals surface area contributed by atoms with Crippen LogP contribution in [0.25, 0.3) is 0 Å². The number of rotatable bonds is 6. The fraction of sp³-hybridized carbons (Fsp3) is 0.444. The average molecular weight is 471 g/mol. The number of guanidine groups is 1. The molecule has 26 heavy (non-hydrogen) atoms. The Bertz CT molecular complexity index is 719. The maximum atomic E-state index is 5.93. The van der Waals surface area contributed by atoms with Gasteiger partial charge in [-0.15, -0.1) is 24.0 Å². The number of aromatic nitrogens is 2. The molecule has 7 nitrogen and oxygen atoms in total. The summed E-state index contributed by atoms with van der Waals surface area (Å²) in [6.07, 6.45) is 5.93. The SMILES string of the molecule is CN=C(NCCCc1cnn(C)c1)NCC1COc2ccccc2O1.I. The largest absolute Gasteiger partial charge is 0.486 e. The Morgan fingerprint density at radius 1 is 1.31 bits per heavy atom. The van der Waals surface area contributed by atoms with Crippen LogP contribution < -0.4 is 20.1 Å². The van der Waals surface area contributed by atoms with E-state index >= 15 is 0 Å². The number of halogens is 1. The second-order valence-electron chi connectivity index (χ2n) is 6.00. The highest BCUT2D eigenvalue weighted by atomic mass is 127. The lowest BCUT2D eigenvalue weighted by atomic mass is 10.2.